The average molecular weight is 643 g/mol. The molecule has 7 rings (SSSR count). The summed E-state index contributed by atoms with van der Waals surface area (Å²) in [6, 6.07) is 32.6. The van der Waals surface area contributed by atoms with Crippen LogP contribution in [0.2, 0.25) is 0 Å². The Morgan fingerprint density at radius 3 is 2.44 bits per heavy atom. The molecular formula is C39H42N6O3. The number of hydrogen-bond donors (Lipinski definition) is 3. The number of carbonyl (C=O) groups is 1. The number of rotatable bonds is 9. The molecule has 48 heavy (non-hydrogen) atoms. The molecule has 1 amide bonds. The Balaban J connectivity index is 1.07. The molecule has 0 spiro atoms. The monoisotopic (exact) mass is 642 g/mol. The van der Waals surface area contributed by atoms with E-state index < -0.39 is 5.41 Å². The third-order valence-electron chi connectivity index (χ3n) is 9.53. The van der Waals surface area contributed by atoms with Crippen LogP contribution in [0.3, 0.4) is 0 Å². The molecule has 1 fully saturated rings. The van der Waals surface area contributed by atoms with Crippen LogP contribution < -0.4 is 26.5 Å². The van der Waals surface area contributed by atoms with Crippen LogP contribution in [0.1, 0.15) is 60.4 Å². The Bertz CT molecular complexity index is 2090. The number of H-pyrrole nitrogens is 1. The summed E-state index contributed by atoms with van der Waals surface area (Å²) in [4.78, 5) is 38.5. The Hall–Kier alpha value is -4.99. The van der Waals surface area contributed by atoms with Crippen LogP contribution >= 0.6 is 0 Å². The van der Waals surface area contributed by atoms with Gasteiger partial charge in [0, 0.05) is 66.9 Å². The first-order valence-electron chi connectivity index (χ1n) is 16.7. The van der Waals surface area contributed by atoms with Crippen LogP contribution in [0.5, 0.6) is 0 Å². The molecule has 0 aliphatic carbocycles. The Morgan fingerprint density at radius 2 is 1.69 bits per heavy atom. The first-order valence-corrected chi connectivity index (χ1v) is 16.7. The molecule has 3 heterocycles. The van der Waals surface area contributed by atoms with E-state index in [0.717, 1.165) is 65.3 Å². The number of anilines is 1. The predicted octanol–water partition coefficient (Wildman–Crippen LogP) is 4.49. The predicted molar refractivity (Wildman–Crippen MR) is 189 cm³/mol. The molecule has 2 aliphatic heterocycles. The topological polar surface area (TPSA) is 106 Å². The van der Waals surface area contributed by atoms with Gasteiger partial charge in [0.05, 0.1) is 16.4 Å². The van der Waals surface area contributed by atoms with Crippen LogP contribution in [0.15, 0.2) is 107 Å². The third-order valence-corrected chi connectivity index (χ3v) is 9.53. The Labute approximate surface area is 279 Å². The van der Waals surface area contributed by atoms with Gasteiger partial charge in [0.25, 0.3) is 5.91 Å². The van der Waals surface area contributed by atoms with Crippen molar-refractivity contribution in [2.75, 3.05) is 31.1 Å². The number of para-hydroxylation sites is 3. The number of imidazole rings is 1. The molecule has 9 nitrogen and oxygen atoms in total. The lowest BCUT2D eigenvalue weighted by molar-refractivity contribution is 0.0911. The number of piperidine rings is 1. The molecule has 1 atom stereocenters. The number of benzene rings is 4. The van der Waals surface area contributed by atoms with Crippen molar-refractivity contribution in [3.05, 3.63) is 135 Å². The molecule has 0 radical (unpaired) electrons. The molecule has 246 valence electrons. The molecule has 1 aromatic heterocycles. The fourth-order valence-electron chi connectivity index (χ4n) is 6.69. The second kappa shape index (κ2) is 13.3. The van der Waals surface area contributed by atoms with Crippen LogP contribution in [0, 0.1) is 5.41 Å². The van der Waals surface area contributed by atoms with Gasteiger partial charge in [0.2, 0.25) is 0 Å². The zero-order valence-corrected chi connectivity index (χ0v) is 27.5. The average Bonchev–Trinajstić information content (AvgIpc) is 3.46. The normalized spacial score (nSPS) is 17.1. The summed E-state index contributed by atoms with van der Waals surface area (Å²) in [7, 11) is 0. The van der Waals surface area contributed by atoms with Crippen LogP contribution in [0.4, 0.5) is 5.69 Å². The molecule has 9 heteroatoms. The summed E-state index contributed by atoms with van der Waals surface area (Å²) in [5, 5.41) is 14.2. The maximum absolute atomic E-state index is 13.0. The van der Waals surface area contributed by atoms with E-state index in [0.29, 0.717) is 12.1 Å². The second-order valence-corrected chi connectivity index (χ2v) is 13.7. The van der Waals surface area contributed by atoms with Gasteiger partial charge in [-0.15, -0.1) is 0 Å². The number of aromatic nitrogens is 2. The molecule has 2 aliphatic rings. The molecule has 4 aromatic carbocycles. The zero-order chi connectivity index (χ0) is 33.3. The SMILES string of the molecule is CC(C)(CO)CNC(=O)c1ccc2c(c1)=CN(c1ccccc1)C(c1ccc(CN3CCC(n4c(=O)[nH]c5ccccc54)CC3)cc1)N=2. The van der Waals surface area contributed by atoms with Gasteiger partial charge in [-0.2, -0.15) is 0 Å². The van der Waals surface area contributed by atoms with Crippen molar-refractivity contribution in [3.63, 3.8) is 0 Å². The van der Waals surface area contributed by atoms with Gasteiger partial charge in [0.15, 0.2) is 6.17 Å². The van der Waals surface area contributed by atoms with E-state index in [9.17, 15) is 14.7 Å². The minimum atomic E-state index is -0.393. The lowest BCUT2D eigenvalue weighted by Gasteiger charge is -2.33. The van der Waals surface area contributed by atoms with E-state index in [1.165, 1.54) is 5.56 Å². The molecular weight excluding hydrogens is 600 g/mol. The van der Waals surface area contributed by atoms with E-state index in [1.807, 2.05) is 79.1 Å². The maximum atomic E-state index is 13.0. The zero-order valence-electron chi connectivity index (χ0n) is 27.5. The highest BCUT2D eigenvalue weighted by molar-refractivity contribution is 5.94. The number of carbonyl (C=O) groups excluding carboxylic acids is 1. The van der Waals surface area contributed by atoms with Gasteiger partial charge in [-0.25, -0.2) is 4.79 Å². The molecule has 1 unspecified atom stereocenters. The number of likely N-dealkylation sites (tertiary alicyclic amines) is 1. The van der Waals surface area contributed by atoms with Crippen molar-refractivity contribution in [1.82, 2.24) is 19.8 Å². The highest BCUT2D eigenvalue weighted by Crippen LogP contribution is 2.31. The minimum Gasteiger partial charge on any atom is -0.396 e. The van der Waals surface area contributed by atoms with Gasteiger partial charge >= 0.3 is 5.69 Å². The number of aromatic amines is 1. The second-order valence-electron chi connectivity index (χ2n) is 13.7. The van der Waals surface area contributed by atoms with E-state index in [2.05, 4.69) is 62.7 Å². The number of aliphatic hydroxyl groups is 1. The smallest absolute Gasteiger partial charge is 0.326 e. The number of hydrogen-bond acceptors (Lipinski definition) is 6. The number of aliphatic hydroxyl groups excluding tert-OH is 1. The van der Waals surface area contributed by atoms with Gasteiger partial charge in [-0.3, -0.25) is 19.3 Å². The third kappa shape index (κ3) is 6.56. The minimum absolute atomic E-state index is 0.00679. The van der Waals surface area contributed by atoms with Gasteiger partial charge in [-0.05, 0) is 66.4 Å². The molecule has 0 saturated carbocycles. The largest absolute Gasteiger partial charge is 0.396 e. The number of nitrogens with one attached hydrogen (secondary N) is 2. The fourth-order valence-corrected chi connectivity index (χ4v) is 6.69. The van der Waals surface area contributed by atoms with Crippen molar-refractivity contribution in [2.24, 2.45) is 10.4 Å². The Morgan fingerprint density at radius 1 is 0.958 bits per heavy atom. The number of fused-ring (bicyclic) bond motifs is 2. The summed E-state index contributed by atoms with van der Waals surface area (Å²) in [6.07, 6.45) is 3.69. The van der Waals surface area contributed by atoms with Crippen LogP contribution in [-0.4, -0.2) is 51.7 Å². The van der Waals surface area contributed by atoms with E-state index >= 15 is 0 Å². The summed E-state index contributed by atoms with van der Waals surface area (Å²) < 4.78 is 1.94. The van der Waals surface area contributed by atoms with Gasteiger partial charge in [0.1, 0.15) is 0 Å². The van der Waals surface area contributed by atoms with Crippen molar-refractivity contribution in [1.29, 1.82) is 0 Å². The fraction of sp³-hybridized carbons (Fsp3) is 0.308. The molecule has 3 N–H and O–H groups in total. The first-order chi connectivity index (χ1) is 23.3. The number of amides is 1. The van der Waals surface area contributed by atoms with E-state index in [-0.39, 0.29) is 30.4 Å². The lowest BCUT2D eigenvalue weighted by Crippen LogP contribution is -2.40. The standard InChI is InChI=1S/C39H42N6O3/c1-39(2,26-46)25-40-37(47)29-16-17-33-30(22-29)24-44(31-8-4-3-5-9-31)36(41-33)28-14-12-27(13-15-28)23-43-20-18-32(19-21-43)45-35-11-7-6-10-34(35)42-38(45)48/h3-17,22,24,32,36,46H,18-21,23,25-26H2,1-2H3,(H,40,47)(H,42,48). The first kappa shape index (κ1) is 31.6. The quantitative estimate of drug-likeness (QED) is 0.220. The molecule has 1 saturated heterocycles. The van der Waals surface area contributed by atoms with Gasteiger partial charge < -0.3 is 20.3 Å². The summed E-state index contributed by atoms with van der Waals surface area (Å²) >= 11 is 0. The van der Waals surface area contributed by atoms with Crippen LogP contribution in [0.25, 0.3) is 17.2 Å². The maximum Gasteiger partial charge on any atom is 0.326 e. The molecule has 0 bridgehead atoms. The summed E-state index contributed by atoms with van der Waals surface area (Å²) in [5.74, 6) is -0.173. The number of nitrogens with zero attached hydrogens (tertiary/aromatic N) is 4. The summed E-state index contributed by atoms with van der Waals surface area (Å²) in [5.41, 5.74) is 5.36. The highest BCUT2D eigenvalue weighted by atomic mass is 16.3. The van der Waals surface area contributed by atoms with E-state index in [4.69, 9.17) is 4.99 Å². The van der Waals surface area contributed by atoms with Crippen molar-refractivity contribution in [2.45, 2.75) is 45.4 Å². The van der Waals surface area contributed by atoms with Crippen molar-refractivity contribution >= 4 is 28.8 Å². The van der Waals surface area contributed by atoms with E-state index in [1.54, 1.807) is 0 Å². The lowest BCUT2D eigenvalue weighted by atomic mass is 9.95. The summed E-state index contributed by atoms with van der Waals surface area (Å²) in [6.45, 7) is 6.93. The van der Waals surface area contributed by atoms with Crippen molar-refractivity contribution < 1.29 is 9.90 Å². The van der Waals surface area contributed by atoms with Crippen LogP contribution in [-0.2, 0) is 6.54 Å². The van der Waals surface area contributed by atoms with Gasteiger partial charge in [-0.1, -0.05) is 68.4 Å². The molecule has 5 aromatic rings. The Kier molecular flexibility index (Phi) is 8.73. The highest BCUT2D eigenvalue weighted by Gasteiger charge is 2.25. The van der Waals surface area contributed by atoms with Crippen molar-refractivity contribution in [3.8, 4) is 0 Å².